The first-order valence-corrected chi connectivity index (χ1v) is 13.5. The van der Waals surface area contributed by atoms with E-state index in [4.69, 9.17) is 0 Å². The van der Waals surface area contributed by atoms with Crippen molar-refractivity contribution in [3.05, 3.63) is 80.9 Å². The van der Waals surface area contributed by atoms with E-state index in [1.165, 1.54) is 24.0 Å². The smallest absolute Gasteiger partial charge is 1.00 e. The molecule has 2 aliphatic carbocycles. The van der Waals surface area contributed by atoms with Crippen LogP contribution in [-0.4, -0.2) is 0 Å². The first kappa shape index (κ1) is 24.7. The van der Waals surface area contributed by atoms with Gasteiger partial charge in [0, 0.05) is 0 Å². The molecule has 0 aliphatic heterocycles. The monoisotopic (exact) mass is 502 g/mol. The van der Waals surface area contributed by atoms with E-state index in [-0.39, 0.29) is 24.8 Å². The second-order valence-electron chi connectivity index (χ2n) is 7.73. The number of halogens is 2. The largest absolute Gasteiger partial charge is 1.00 e. The molecule has 2 atom stereocenters. The Morgan fingerprint density at radius 3 is 1.38 bits per heavy atom. The second-order valence-corrected chi connectivity index (χ2v) is 11.4. The van der Waals surface area contributed by atoms with Gasteiger partial charge in [-0.05, 0) is 0 Å². The predicted molar refractivity (Wildman–Crippen MR) is 114 cm³/mol. The van der Waals surface area contributed by atoms with Gasteiger partial charge in [0.25, 0.3) is 0 Å². The molecular weight excluding hydrogens is 474 g/mol. The molecule has 0 spiro atoms. The van der Waals surface area contributed by atoms with Crippen LogP contribution < -0.4 is 24.8 Å². The van der Waals surface area contributed by atoms with Crippen molar-refractivity contribution in [1.29, 1.82) is 0 Å². The van der Waals surface area contributed by atoms with Gasteiger partial charge in [-0.1, -0.05) is 0 Å². The first-order valence-electron chi connectivity index (χ1n) is 10.6. The number of rotatable bonds is 6. The summed E-state index contributed by atoms with van der Waals surface area (Å²) in [5.74, 6) is 0. The Bertz CT molecular complexity index is 851. The van der Waals surface area contributed by atoms with Crippen LogP contribution in [0.1, 0.15) is 81.2 Å². The molecule has 2 aromatic carbocycles. The third kappa shape index (κ3) is 4.39. The number of hydrogen-bond acceptors (Lipinski definition) is 0. The normalized spacial score (nSPS) is 18.6. The molecule has 0 nitrogen and oxygen atoms in total. The molecule has 0 aromatic heterocycles. The quantitative estimate of drug-likeness (QED) is 0.557. The molecule has 0 fully saturated rings. The van der Waals surface area contributed by atoms with Crippen molar-refractivity contribution in [2.75, 3.05) is 0 Å². The van der Waals surface area contributed by atoms with Gasteiger partial charge in [0.15, 0.2) is 0 Å². The van der Waals surface area contributed by atoms with Crippen LogP contribution in [0.25, 0.3) is 12.2 Å². The predicted octanol–water partition coefficient (Wildman–Crippen LogP) is 1.30. The van der Waals surface area contributed by atoms with E-state index >= 15 is 0 Å². The molecule has 0 saturated carbocycles. The Kier molecular flexibility index (Phi) is 9.02. The van der Waals surface area contributed by atoms with Crippen molar-refractivity contribution in [2.24, 2.45) is 0 Å². The van der Waals surface area contributed by atoms with Crippen molar-refractivity contribution < 1.29 is 48.0 Å². The molecule has 2 unspecified atom stereocenters. The van der Waals surface area contributed by atoms with Crippen molar-refractivity contribution in [3.63, 3.8) is 0 Å². The minimum absolute atomic E-state index is 0. The second kappa shape index (κ2) is 10.6. The maximum Gasteiger partial charge on any atom is -1.00 e. The molecule has 0 N–H and O–H groups in total. The fourth-order valence-electron chi connectivity index (χ4n) is 4.85. The van der Waals surface area contributed by atoms with Crippen LogP contribution in [0.3, 0.4) is 0 Å². The molecule has 0 saturated heterocycles. The Hall–Kier alpha value is -0.617. The summed E-state index contributed by atoms with van der Waals surface area (Å²) in [5, 5.41) is 0. The summed E-state index contributed by atoms with van der Waals surface area (Å²) in [6.07, 6.45) is 9.77. The first-order chi connectivity index (χ1) is 13.2. The summed E-state index contributed by atoms with van der Waals surface area (Å²) >= 11 is -0.707. The van der Waals surface area contributed by atoms with E-state index in [1.807, 2.05) is 0 Å². The number of allylic oxidation sites excluding steroid dienone is 2. The summed E-state index contributed by atoms with van der Waals surface area (Å²) in [7, 11) is 0. The number of fused-ring (bicyclic) bond motifs is 2. The van der Waals surface area contributed by atoms with Crippen LogP contribution in [0.4, 0.5) is 0 Å². The molecule has 152 valence electrons. The minimum Gasteiger partial charge on any atom is -1.00 e. The van der Waals surface area contributed by atoms with Crippen LogP contribution in [-0.2, 0) is 36.1 Å². The third-order valence-electron chi connectivity index (χ3n) is 6.39. The molecule has 2 aliphatic rings. The summed E-state index contributed by atoms with van der Waals surface area (Å²) in [5.41, 5.74) is 12.9. The van der Waals surface area contributed by atoms with Gasteiger partial charge >= 0.3 is 177 Å². The zero-order chi connectivity index (χ0) is 19.0. The minimum atomic E-state index is -0.707. The van der Waals surface area contributed by atoms with E-state index in [1.54, 1.807) is 33.4 Å². The standard InChI is InChI=1S/2C13H15.2ClH.Zr/c2*1-3-10-8-12-7-5-6-11(4-2)13(12)9-10;;;/h2*5-9H,3-4H2,1-2H3;2*1H;/q;;;;+2/p-2. The third-order valence-corrected chi connectivity index (χ3v) is 11.4. The van der Waals surface area contributed by atoms with Gasteiger partial charge in [-0.15, -0.1) is 0 Å². The molecule has 29 heavy (non-hydrogen) atoms. The van der Waals surface area contributed by atoms with E-state index in [2.05, 4.69) is 76.2 Å². The molecule has 0 heterocycles. The van der Waals surface area contributed by atoms with Crippen molar-refractivity contribution in [3.8, 4) is 0 Å². The van der Waals surface area contributed by atoms with E-state index < -0.39 is 23.2 Å². The zero-order valence-electron chi connectivity index (χ0n) is 17.9. The molecule has 0 bridgehead atoms. The van der Waals surface area contributed by atoms with Gasteiger partial charge in [0.2, 0.25) is 0 Å². The van der Waals surface area contributed by atoms with Gasteiger partial charge in [0.1, 0.15) is 0 Å². The molecule has 2 aromatic rings. The van der Waals surface area contributed by atoms with Crippen LogP contribution in [0.2, 0.25) is 0 Å². The van der Waals surface area contributed by atoms with E-state index in [9.17, 15) is 0 Å². The van der Waals surface area contributed by atoms with Crippen LogP contribution in [0.15, 0.2) is 47.5 Å². The van der Waals surface area contributed by atoms with Crippen molar-refractivity contribution >= 4 is 12.2 Å². The van der Waals surface area contributed by atoms with Gasteiger partial charge in [-0.25, -0.2) is 0 Å². The van der Waals surface area contributed by atoms with Gasteiger partial charge < -0.3 is 24.8 Å². The number of aryl methyl sites for hydroxylation is 2. The van der Waals surface area contributed by atoms with E-state index in [0.717, 1.165) is 20.1 Å². The Morgan fingerprint density at radius 2 is 1.03 bits per heavy atom. The van der Waals surface area contributed by atoms with Crippen LogP contribution in [0.5, 0.6) is 0 Å². The molecule has 0 radical (unpaired) electrons. The van der Waals surface area contributed by atoms with Crippen molar-refractivity contribution in [2.45, 2.75) is 60.6 Å². The SMILES string of the molecule is CCC1=Cc2c(CC)cccc2[CH]1[Zr+2][CH]1C(CC)=Cc2c(CC)cccc21.[Cl-].[Cl-]. The maximum absolute atomic E-state index is 2.55. The summed E-state index contributed by atoms with van der Waals surface area (Å²) in [4.78, 5) is 0. The summed E-state index contributed by atoms with van der Waals surface area (Å²) < 4.78 is 1.49. The fraction of sp³-hybridized carbons (Fsp3) is 0.385. The average Bonchev–Trinajstić information content (AvgIpc) is 3.26. The van der Waals surface area contributed by atoms with Gasteiger partial charge in [0.05, 0.1) is 0 Å². The molecule has 4 rings (SSSR count). The van der Waals surface area contributed by atoms with Gasteiger partial charge in [-0.3, -0.25) is 0 Å². The average molecular weight is 505 g/mol. The molecule has 3 heteroatoms. The van der Waals surface area contributed by atoms with E-state index in [0.29, 0.717) is 0 Å². The van der Waals surface area contributed by atoms with Crippen LogP contribution >= 0.6 is 0 Å². The Balaban J connectivity index is 0.00000150. The maximum atomic E-state index is 2.55. The van der Waals surface area contributed by atoms with Crippen LogP contribution in [0, 0.1) is 0 Å². The zero-order valence-corrected chi connectivity index (χ0v) is 21.8. The topological polar surface area (TPSA) is 0 Å². The number of hydrogen-bond donors (Lipinski definition) is 0. The summed E-state index contributed by atoms with van der Waals surface area (Å²) in [6.45, 7) is 9.29. The summed E-state index contributed by atoms with van der Waals surface area (Å²) in [6, 6.07) is 14.1. The Morgan fingerprint density at radius 1 is 0.621 bits per heavy atom. The Labute approximate surface area is 200 Å². The molecule has 0 amide bonds. The molecular formula is C26H30Cl2Zr. The fourth-order valence-corrected chi connectivity index (χ4v) is 10.3. The van der Waals surface area contributed by atoms with Crippen molar-refractivity contribution in [1.82, 2.24) is 0 Å². The number of benzene rings is 2. The van der Waals surface area contributed by atoms with Gasteiger partial charge in [-0.2, -0.15) is 0 Å².